The molecule has 0 spiro atoms. The first-order chi connectivity index (χ1) is 14.9. The molecule has 4 aromatic rings. The molecular formula is C21H15F3N6O. The van der Waals surface area contributed by atoms with Crippen LogP contribution in [-0.2, 0) is 6.18 Å². The Balaban J connectivity index is 1.37. The molecular weight excluding hydrogens is 409 g/mol. The molecule has 156 valence electrons. The summed E-state index contributed by atoms with van der Waals surface area (Å²) >= 11 is 0. The number of nitrogens with zero attached hydrogens (tertiary/aromatic N) is 4. The van der Waals surface area contributed by atoms with Gasteiger partial charge in [-0.2, -0.15) is 18.3 Å². The van der Waals surface area contributed by atoms with Gasteiger partial charge in [-0.25, -0.2) is 4.68 Å². The zero-order valence-electron chi connectivity index (χ0n) is 15.8. The first-order valence-electron chi connectivity index (χ1n) is 9.08. The highest BCUT2D eigenvalue weighted by Crippen LogP contribution is 2.29. The Labute approximate surface area is 174 Å². The van der Waals surface area contributed by atoms with Gasteiger partial charge < -0.3 is 10.6 Å². The number of benzene rings is 2. The minimum absolute atomic E-state index is 0.128. The second-order valence-electron chi connectivity index (χ2n) is 6.46. The number of carbonyl (C=O) groups excluding carboxylic acids is 1. The molecule has 10 heteroatoms. The molecule has 0 aliphatic heterocycles. The predicted octanol–water partition coefficient (Wildman–Crippen LogP) is 4.68. The van der Waals surface area contributed by atoms with Crippen molar-refractivity contribution >= 4 is 23.1 Å². The summed E-state index contributed by atoms with van der Waals surface area (Å²) < 4.78 is 39.5. The van der Waals surface area contributed by atoms with Crippen LogP contribution in [-0.4, -0.2) is 25.9 Å². The number of nitrogens with one attached hydrogen (secondary N) is 2. The van der Waals surface area contributed by atoms with E-state index in [2.05, 4.69) is 25.9 Å². The maximum Gasteiger partial charge on any atom is 0.416 e. The van der Waals surface area contributed by atoms with Crippen LogP contribution in [0.3, 0.4) is 0 Å². The van der Waals surface area contributed by atoms with Crippen molar-refractivity contribution in [1.82, 2.24) is 20.0 Å². The van der Waals surface area contributed by atoms with E-state index in [-0.39, 0.29) is 5.56 Å². The smallest absolute Gasteiger partial charge is 0.339 e. The summed E-state index contributed by atoms with van der Waals surface area (Å²) in [5, 5.41) is 18.0. The van der Waals surface area contributed by atoms with E-state index in [0.717, 1.165) is 24.3 Å². The lowest BCUT2D eigenvalue weighted by atomic mass is 10.1. The Bertz CT molecular complexity index is 1160. The third kappa shape index (κ3) is 4.86. The summed E-state index contributed by atoms with van der Waals surface area (Å²) in [5.74, 6) is 0.601. The van der Waals surface area contributed by atoms with E-state index < -0.39 is 17.6 Å². The van der Waals surface area contributed by atoms with Crippen molar-refractivity contribution in [3.8, 4) is 5.82 Å². The molecule has 0 radical (unpaired) electrons. The fourth-order valence-corrected chi connectivity index (χ4v) is 2.72. The van der Waals surface area contributed by atoms with E-state index in [0.29, 0.717) is 23.0 Å². The van der Waals surface area contributed by atoms with Crippen molar-refractivity contribution in [3.05, 3.63) is 90.3 Å². The van der Waals surface area contributed by atoms with Crippen LogP contribution < -0.4 is 10.6 Å². The summed E-state index contributed by atoms with van der Waals surface area (Å²) in [5.41, 5.74) is 0.534. The van der Waals surface area contributed by atoms with Gasteiger partial charge in [-0.15, -0.1) is 10.2 Å². The summed E-state index contributed by atoms with van der Waals surface area (Å²) in [6.45, 7) is 0. The average molecular weight is 424 g/mol. The first-order valence-corrected chi connectivity index (χ1v) is 9.08. The van der Waals surface area contributed by atoms with Gasteiger partial charge in [0, 0.05) is 29.3 Å². The second-order valence-corrected chi connectivity index (χ2v) is 6.46. The maximum atomic E-state index is 12.6. The van der Waals surface area contributed by atoms with Gasteiger partial charge in [-0.3, -0.25) is 4.79 Å². The van der Waals surface area contributed by atoms with Crippen molar-refractivity contribution in [2.24, 2.45) is 0 Å². The number of hydrogen-bond acceptors (Lipinski definition) is 5. The molecule has 0 saturated carbocycles. The van der Waals surface area contributed by atoms with Gasteiger partial charge >= 0.3 is 6.18 Å². The van der Waals surface area contributed by atoms with E-state index >= 15 is 0 Å². The number of alkyl halides is 3. The van der Waals surface area contributed by atoms with E-state index in [9.17, 15) is 18.0 Å². The zero-order chi connectivity index (χ0) is 21.8. The minimum atomic E-state index is -4.44. The Kier molecular flexibility index (Phi) is 5.35. The minimum Gasteiger partial charge on any atom is -0.339 e. The van der Waals surface area contributed by atoms with Gasteiger partial charge in [0.1, 0.15) is 0 Å². The SMILES string of the molecule is O=C(Nc1ccc(Nc2ccc(-n3cccn3)nn2)cc1)c1ccc(C(F)(F)F)cc1. The number of anilines is 3. The molecule has 2 aromatic carbocycles. The maximum absolute atomic E-state index is 12.6. The van der Waals surface area contributed by atoms with Gasteiger partial charge in [0.05, 0.1) is 5.56 Å². The van der Waals surface area contributed by atoms with Crippen LogP contribution in [0.4, 0.5) is 30.4 Å². The van der Waals surface area contributed by atoms with Gasteiger partial charge in [-0.05, 0) is 66.7 Å². The molecule has 4 rings (SSSR count). The lowest BCUT2D eigenvalue weighted by Crippen LogP contribution is -2.12. The molecule has 0 unspecified atom stereocenters. The predicted molar refractivity (Wildman–Crippen MR) is 108 cm³/mol. The third-order valence-electron chi connectivity index (χ3n) is 4.28. The quantitative estimate of drug-likeness (QED) is 0.486. The second kappa shape index (κ2) is 8.27. The summed E-state index contributed by atoms with van der Waals surface area (Å²) in [6, 6.07) is 16.1. The summed E-state index contributed by atoms with van der Waals surface area (Å²) in [7, 11) is 0. The summed E-state index contributed by atoms with van der Waals surface area (Å²) in [4.78, 5) is 12.2. The molecule has 2 heterocycles. The molecule has 0 aliphatic carbocycles. The van der Waals surface area contributed by atoms with Crippen LogP contribution in [0.5, 0.6) is 0 Å². The third-order valence-corrected chi connectivity index (χ3v) is 4.28. The Hall–Kier alpha value is -4.21. The van der Waals surface area contributed by atoms with E-state index in [1.807, 2.05) is 0 Å². The van der Waals surface area contributed by atoms with Gasteiger partial charge in [0.15, 0.2) is 11.6 Å². The zero-order valence-corrected chi connectivity index (χ0v) is 15.8. The van der Waals surface area contributed by atoms with Crippen LogP contribution in [0.25, 0.3) is 5.82 Å². The van der Waals surface area contributed by atoms with Crippen LogP contribution >= 0.6 is 0 Å². The number of hydrogen-bond donors (Lipinski definition) is 2. The molecule has 1 amide bonds. The van der Waals surface area contributed by atoms with Gasteiger partial charge in [0.25, 0.3) is 5.91 Å². The monoisotopic (exact) mass is 424 g/mol. The standard InChI is InChI=1S/C21H15F3N6O/c22-21(23,24)15-4-2-14(3-5-15)20(31)27-17-8-6-16(7-9-17)26-18-10-11-19(29-28-18)30-13-1-12-25-30/h1-13H,(H,26,28)(H,27,31). The van der Waals surface area contributed by atoms with Crippen LogP contribution in [0.15, 0.2) is 79.1 Å². The van der Waals surface area contributed by atoms with Crippen molar-refractivity contribution in [1.29, 1.82) is 0 Å². The van der Waals surface area contributed by atoms with E-state index in [1.54, 1.807) is 59.5 Å². The van der Waals surface area contributed by atoms with Crippen LogP contribution in [0.2, 0.25) is 0 Å². The highest BCUT2D eigenvalue weighted by atomic mass is 19.4. The number of amides is 1. The summed E-state index contributed by atoms with van der Waals surface area (Å²) in [6.07, 6.45) is -1.04. The molecule has 0 atom stereocenters. The molecule has 0 fully saturated rings. The van der Waals surface area contributed by atoms with Crippen LogP contribution in [0, 0.1) is 0 Å². The van der Waals surface area contributed by atoms with Crippen molar-refractivity contribution in [2.45, 2.75) is 6.18 Å². The molecule has 31 heavy (non-hydrogen) atoms. The van der Waals surface area contributed by atoms with E-state index in [1.165, 1.54) is 0 Å². The van der Waals surface area contributed by atoms with Gasteiger partial charge in [0.2, 0.25) is 0 Å². The Morgan fingerprint density at radius 1 is 0.871 bits per heavy atom. The Morgan fingerprint density at radius 2 is 1.58 bits per heavy atom. The lowest BCUT2D eigenvalue weighted by Gasteiger charge is -2.10. The number of halogens is 3. The molecule has 7 nitrogen and oxygen atoms in total. The van der Waals surface area contributed by atoms with Crippen molar-refractivity contribution in [3.63, 3.8) is 0 Å². The largest absolute Gasteiger partial charge is 0.416 e. The highest BCUT2D eigenvalue weighted by Gasteiger charge is 2.30. The topological polar surface area (TPSA) is 84.7 Å². The van der Waals surface area contributed by atoms with E-state index in [4.69, 9.17) is 0 Å². The molecule has 0 aliphatic rings. The Morgan fingerprint density at radius 3 is 2.16 bits per heavy atom. The van der Waals surface area contributed by atoms with Crippen molar-refractivity contribution in [2.75, 3.05) is 10.6 Å². The van der Waals surface area contributed by atoms with Crippen LogP contribution in [0.1, 0.15) is 15.9 Å². The molecule has 0 saturated heterocycles. The van der Waals surface area contributed by atoms with Crippen molar-refractivity contribution < 1.29 is 18.0 Å². The lowest BCUT2D eigenvalue weighted by molar-refractivity contribution is -0.137. The molecule has 2 aromatic heterocycles. The number of aromatic nitrogens is 4. The average Bonchev–Trinajstić information content (AvgIpc) is 3.30. The number of rotatable bonds is 5. The number of carbonyl (C=O) groups is 1. The molecule has 2 N–H and O–H groups in total. The highest BCUT2D eigenvalue weighted by molar-refractivity contribution is 6.04. The fourth-order valence-electron chi connectivity index (χ4n) is 2.72. The first kappa shape index (κ1) is 20.1. The molecule has 0 bridgehead atoms. The normalized spacial score (nSPS) is 11.2. The fraction of sp³-hybridized carbons (Fsp3) is 0.0476. The van der Waals surface area contributed by atoms with Gasteiger partial charge in [-0.1, -0.05) is 0 Å².